The van der Waals surface area contributed by atoms with Crippen molar-refractivity contribution in [3.8, 4) is 6.07 Å². The summed E-state index contributed by atoms with van der Waals surface area (Å²) in [6.07, 6.45) is 18.5. The van der Waals surface area contributed by atoms with Crippen LogP contribution in [0.4, 0.5) is 0 Å². The average molecular weight is 421 g/mol. The molecule has 0 aromatic heterocycles. The third kappa shape index (κ3) is 8.58. The fourth-order valence-electron chi connectivity index (χ4n) is 3.98. The number of hydrogen-bond acceptors (Lipinski definition) is 2. The second kappa shape index (κ2) is 14.4. The van der Waals surface area contributed by atoms with Crippen molar-refractivity contribution in [1.82, 2.24) is 4.90 Å². The van der Waals surface area contributed by atoms with Gasteiger partial charge in [0.1, 0.15) is 0 Å². The lowest BCUT2D eigenvalue weighted by atomic mass is 9.84. The molecule has 0 radical (unpaired) electrons. The zero-order chi connectivity index (χ0) is 23.2. The number of allylic oxidation sites excluding steroid dienone is 8. The smallest absolute Gasteiger partial charge is 0.254 e. The molecule has 1 heterocycles. The van der Waals surface area contributed by atoms with Crippen molar-refractivity contribution in [2.75, 3.05) is 6.54 Å². The molecule has 0 saturated carbocycles. The SMILES string of the molecule is C=C/C(=C\C=C\C#N)C1CCN(C(=O)C(=C/C(=C)CC)/C(C)=C\CCCCC)C(C)C1. The number of piperidine rings is 1. The van der Waals surface area contributed by atoms with Gasteiger partial charge in [-0.2, -0.15) is 5.26 Å². The van der Waals surface area contributed by atoms with Crippen molar-refractivity contribution in [2.45, 2.75) is 78.7 Å². The van der Waals surface area contributed by atoms with E-state index < -0.39 is 0 Å². The first-order valence-corrected chi connectivity index (χ1v) is 11.7. The van der Waals surface area contributed by atoms with Crippen LogP contribution in [0.1, 0.15) is 72.6 Å². The molecule has 0 bridgehead atoms. The van der Waals surface area contributed by atoms with Gasteiger partial charge in [-0.05, 0) is 69.1 Å². The van der Waals surface area contributed by atoms with E-state index in [9.17, 15) is 4.79 Å². The Kier molecular flexibility index (Phi) is 12.3. The molecule has 0 spiro atoms. The lowest BCUT2D eigenvalue weighted by Crippen LogP contribution is -2.45. The first kappa shape index (κ1) is 26.4. The zero-order valence-corrected chi connectivity index (χ0v) is 20.0. The van der Waals surface area contributed by atoms with E-state index in [0.29, 0.717) is 5.92 Å². The predicted molar refractivity (Wildman–Crippen MR) is 132 cm³/mol. The third-order valence-corrected chi connectivity index (χ3v) is 6.02. The summed E-state index contributed by atoms with van der Waals surface area (Å²) >= 11 is 0. The van der Waals surface area contributed by atoms with Gasteiger partial charge in [0.05, 0.1) is 6.07 Å². The van der Waals surface area contributed by atoms with Gasteiger partial charge in [0, 0.05) is 24.2 Å². The number of hydrogen-bond donors (Lipinski definition) is 0. The minimum Gasteiger partial charge on any atom is -0.336 e. The topological polar surface area (TPSA) is 44.1 Å². The van der Waals surface area contributed by atoms with Crippen molar-refractivity contribution in [3.63, 3.8) is 0 Å². The lowest BCUT2D eigenvalue weighted by Gasteiger charge is -2.39. The molecule has 2 atom stereocenters. The van der Waals surface area contributed by atoms with Crippen molar-refractivity contribution in [3.05, 3.63) is 71.9 Å². The molecule has 1 amide bonds. The monoisotopic (exact) mass is 420 g/mol. The molecule has 3 nitrogen and oxygen atoms in total. The number of unbranched alkanes of at least 4 members (excludes halogenated alkanes) is 3. The first-order valence-electron chi connectivity index (χ1n) is 11.7. The summed E-state index contributed by atoms with van der Waals surface area (Å²) < 4.78 is 0. The van der Waals surface area contributed by atoms with E-state index in [2.05, 4.69) is 46.9 Å². The Balaban J connectivity index is 3.01. The van der Waals surface area contributed by atoms with Crippen LogP contribution < -0.4 is 0 Å². The Morgan fingerprint density at radius 2 is 2.03 bits per heavy atom. The van der Waals surface area contributed by atoms with E-state index in [4.69, 9.17) is 5.26 Å². The number of carbonyl (C=O) groups is 1. The second-order valence-corrected chi connectivity index (χ2v) is 8.38. The van der Waals surface area contributed by atoms with Crippen LogP contribution in [0.5, 0.6) is 0 Å². The number of rotatable bonds is 11. The Hall–Kier alpha value is -2.60. The van der Waals surface area contributed by atoms with Crippen LogP contribution in [0, 0.1) is 17.2 Å². The Morgan fingerprint density at radius 3 is 2.61 bits per heavy atom. The quantitative estimate of drug-likeness (QED) is 0.153. The molecule has 168 valence electrons. The molecule has 31 heavy (non-hydrogen) atoms. The molecule has 1 aliphatic heterocycles. The molecule has 1 fully saturated rings. The molecule has 0 aliphatic carbocycles. The van der Waals surface area contributed by atoms with Gasteiger partial charge in [-0.25, -0.2) is 0 Å². The lowest BCUT2D eigenvalue weighted by molar-refractivity contribution is -0.130. The van der Waals surface area contributed by atoms with Gasteiger partial charge in [-0.1, -0.05) is 69.7 Å². The van der Waals surface area contributed by atoms with Crippen molar-refractivity contribution in [1.29, 1.82) is 5.26 Å². The minimum absolute atomic E-state index is 0.110. The summed E-state index contributed by atoms with van der Waals surface area (Å²) in [4.78, 5) is 15.6. The van der Waals surface area contributed by atoms with Gasteiger partial charge in [0.2, 0.25) is 0 Å². The fraction of sp³-hybridized carbons (Fsp3) is 0.500. The Bertz CT molecular complexity index is 788. The maximum Gasteiger partial charge on any atom is 0.254 e. The number of amides is 1. The molecule has 0 aromatic rings. The van der Waals surface area contributed by atoms with E-state index in [1.807, 2.05) is 29.2 Å². The van der Waals surface area contributed by atoms with Gasteiger partial charge in [0.15, 0.2) is 0 Å². The van der Waals surface area contributed by atoms with Crippen LogP contribution in [-0.2, 0) is 4.79 Å². The normalized spacial score (nSPS) is 20.6. The highest BCUT2D eigenvalue weighted by Crippen LogP contribution is 2.31. The molecule has 0 aromatic carbocycles. The predicted octanol–water partition coefficient (Wildman–Crippen LogP) is 7.22. The average Bonchev–Trinajstić information content (AvgIpc) is 2.77. The Labute approximate surface area is 190 Å². The molecular formula is C28H40N2O. The molecule has 1 aliphatic rings. The highest BCUT2D eigenvalue weighted by atomic mass is 16.2. The van der Waals surface area contributed by atoms with E-state index in [1.54, 1.807) is 6.08 Å². The van der Waals surface area contributed by atoms with Crippen LogP contribution in [0.25, 0.3) is 0 Å². The van der Waals surface area contributed by atoms with E-state index >= 15 is 0 Å². The van der Waals surface area contributed by atoms with Crippen LogP contribution >= 0.6 is 0 Å². The summed E-state index contributed by atoms with van der Waals surface area (Å²) in [7, 11) is 0. The molecule has 3 heteroatoms. The Morgan fingerprint density at radius 1 is 1.29 bits per heavy atom. The summed E-state index contributed by atoms with van der Waals surface area (Å²) in [5.74, 6) is 0.460. The van der Waals surface area contributed by atoms with Crippen LogP contribution in [0.2, 0.25) is 0 Å². The van der Waals surface area contributed by atoms with Crippen LogP contribution in [-0.4, -0.2) is 23.4 Å². The molecular weight excluding hydrogens is 380 g/mol. The van der Waals surface area contributed by atoms with E-state index in [-0.39, 0.29) is 11.9 Å². The molecule has 1 saturated heterocycles. The summed E-state index contributed by atoms with van der Waals surface area (Å²) in [5.41, 5.74) is 3.95. The number of carbonyl (C=O) groups excluding carboxylic acids is 1. The zero-order valence-electron chi connectivity index (χ0n) is 20.0. The van der Waals surface area contributed by atoms with Gasteiger partial charge in [-0.3, -0.25) is 4.79 Å². The molecule has 2 unspecified atom stereocenters. The number of likely N-dealkylation sites (tertiary alicyclic amines) is 1. The third-order valence-electron chi connectivity index (χ3n) is 6.02. The standard InChI is InChI=1S/C28H40N2O/c1-7-10-11-12-15-23(5)27(20-22(4)8-2)28(31)30-19-17-26(21-24(30)6)25(9-3)16-13-14-18-29/h9,13-16,20,24,26H,3-4,7-8,10-12,17,19,21H2,1-2,5-6H3/b14-13+,23-15-,25-16+,27-20+. The second-order valence-electron chi connectivity index (χ2n) is 8.38. The fourth-order valence-corrected chi connectivity index (χ4v) is 3.98. The van der Waals surface area contributed by atoms with E-state index in [1.165, 1.54) is 18.9 Å². The maximum absolute atomic E-state index is 13.5. The van der Waals surface area contributed by atoms with E-state index in [0.717, 1.165) is 60.9 Å². The van der Waals surface area contributed by atoms with Gasteiger partial charge < -0.3 is 4.90 Å². The van der Waals surface area contributed by atoms with Crippen molar-refractivity contribution in [2.24, 2.45) is 5.92 Å². The highest BCUT2D eigenvalue weighted by molar-refractivity contribution is 5.98. The highest BCUT2D eigenvalue weighted by Gasteiger charge is 2.31. The van der Waals surface area contributed by atoms with Gasteiger partial charge in [0.25, 0.3) is 5.91 Å². The first-order chi connectivity index (χ1) is 14.9. The minimum atomic E-state index is 0.110. The maximum atomic E-state index is 13.5. The number of nitriles is 1. The molecule has 0 N–H and O–H groups in total. The van der Waals surface area contributed by atoms with Gasteiger partial charge >= 0.3 is 0 Å². The van der Waals surface area contributed by atoms with Crippen LogP contribution in [0.3, 0.4) is 0 Å². The number of nitrogens with zero attached hydrogens (tertiary/aromatic N) is 2. The summed E-state index contributed by atoms with van der Waals surface area (Å²) in [6, 6.07) is 2.15. The van der Waals surface area contributed by atoms with Gasteiger partial charge in [-0.15, -0.1) is 0 Å². The molecule has 1 rings (SSSR count). The van der Waals surface area contributed by atoms with Crippen LogP contribution in [0.15, 0.2) is 71.9 Å². The van der Waals surface area contributed by atoms with Crippen molar-refractivity contribution >= 4 is 5.91 Å². The summed E-state index contributed by atoms with van der Waals surface area (Å²) in [6.45, 7) is 17.2. The summed E-state index contributed by atoms with van der Waals surface area (Å²) in [5, 5.41) is 8.71. The van der Waals surface area contributed by atoms with Crippen molar-refractivity contribution < 1.29 is 4.79 Å². The largest absolute Gasteiger partial charge is 0.336 e.